The Bertz CT molecular complexity index is 1130. The lowest BCUT2D eigenvalue weighted by molar-refractivity contribution is -0.118. The summed E-state index contributed by atoms with van der Waals surface area (Å²) < 4.78 is 33.1. The second-order valence-electron chi connectivity index (χ2n) is 8.89. The summed E-state index contributed by atoms with van der Waals surface area (Å²) in [4.78, 5) is 24.4. The lowest BCUT2D eigenvalue weighted by atomic mass is 9.87. The first-order chi connectivity index (χ1) is 16.6. The normalized spacial score (nSPS) is 20.6. The van der Waals surface area contributed by atoms with Crippen LogP contribution in [0.5, 0.6) is 5.75 Å². The second kappa shape index (κ2) is 11.5. The number of sulfonamides is 1. The van der Waals surface area contributed by atoms with Gasteiger partial charge in [-0.15, -0.1) is 0 Å². The van der Waals surface area contributed by atoms with E-state index < -0.39 is 10.0 Å². The van der Waals surface area contributed by atoms with E-state index >= 15 is 0 Å². The summed E-state index contributed by atoms with van der Waals surface area (Å²) in [5.74, 6) is 0.133. The van der Waals surface area contributed by atoms with Crippen molar-refractivity contribution in [1.82, 2.24) is 14.9 Å². The molecule has 188 valence electrons. The summed E-state index contributed by atoms with van der Waals surface area (Å²) >= 11 is 0. The Hall–Kier alpha value is -3.17. The summed E-state index contributed by atoms with van der Waals surface area (Å²) in [5.41, 5.74) is 1.47. The molecule has 8 nitrogen and oxygen atoms in total. The quantitative estimate of drug-likeness (QED) is 0.516. The highest BCUT2D eigenvalue weighted by Crippen LogP contribution is 2.27. The van der Waals surface area contributed by atoms with Gasteiger partial charge in [-0.25, -0.2) is 8.42 Å². The molecular formula is C26H33N3O5S. The Kier molecular flexibility index (Phi) is 8.69. The van der Waals surface area contributed by atoms with Crippen LogP contribution in [0.15, 0.2) is 66.1 Å². The predicted molar refractivity (Wildman–Crippen MR) is 135 cm³/mol. The molecule has 2 aromatic carbocycles. The van der Waals surface area contributed by atoms with Crippen LogP contribution in [0.3, 0.4) is 0 Å². The van der Waals surface area contributed by atoms with Crippen LogP contribution in [-0.4, -0.2) is 57.3 Å². The van der Waals surface area contributed by atoms with E-state index in [4.69, 9.17) is 4.74 Å². The van der Waals surface area contributed by atoms with E-state index in [9.17, 15) is 18.0 Å². The van der Waals surface area contributed by atoms with Crippen LogP contribution in [0.25, 0.3) is 0 Å². The molecule has 1 aliphatic heterocycles. The molecule has 1 aliphatic rings. The number of nitrogens with one attached hydrogen (secondary N) is 2. The predicted octanol–water partition coefficient (Wildman–Crippen LogP) is 2.62. The zero-order valence-corrected chi connectivity index (χ0v) is 21.2. The molecule has 0 spiro atoms. The molecule has 2 amide bonds. The van der Waals surface area contributed by atoms with Gasteiger partial charge in [0.15, 0.2) is 0 Å². The number of hydrogen-bond acceptors (Lipinski definition) is 5. The molecule has 2 atom stereocenters. The van der Waals surface area contributed by atoms with E-state index in [1.54, 1.807) is 7.11 Å². The fourth-order valence-corrected chi connectivity index (χ4v) is 5.99. The van der Waals surface area contributed by atoms with Crippen LogP contribution in [0, 0.1) is 11.8 Å². The molecule has 0 saturated carbocycles. The number of methoxy groups -OCH3 is 1. The largest absolute Gasteiger partial charge is 0.497 e. The molecule has 0 aromatic heterocycles. The van der Waals surface area contributed by atoms with Crippen molar-refractivity contribution >= 4 is 21.8 Å². The van der Waals surface area contributed by atoms with Crippen molar-refractivity contribution in [3.05, 3.63) is 72.3 Å². The van der Waals surface area contributed by atoms with Crippen molar-refractivity contribution in [2.24, 2.45) is 11.8 Å². The van der Waals surface area contributed by atoms with Gasteiger partial charge in [0.25, 0.3) is 5.91 Å². The van der Waals surface area contributed by atoms with Gasteiger partial charge in [-0.05, 0) is 66.3 Å². The number of nitrogens with zero attached hydrogens (tertiary/aromatic N) is 1. The molecule has 0 aliphatic carbocycles. The van der Waals surface area contributed by atoms with Crippen molar-refractivity contribution in [1.29, 1.82) is 0 Å². The van der Waals surface area contributed by atoms with Gasteiger partial charge < -0.3 is 15.4 Å². The van der Waals surface area contributed by atoms with E-state index in [0.717, 1.165) is 11.3 Å². The maximum atomic E-state index is 13.2. The molecule has 1 saturated heterocycles. The molecule has 1 fully saturated rings. The van der Waals surface area contributed by atoms with Crippen molar-refractivity contribution < 1.29 is 22.7 Å². The summed E-state index contributed by atoms with van der Waals surface area (Å²) in [5, 5.41) is 5.77. The Morgan fingerprint density at radius 3 is 2.20 bits per heavy atom. The van der Waals surface area contributed by atoms with Crippen molar-refractivity contribution in [2.45, 2.75) is 31.2 Å². The first kappa shape index (κ1) is 26.4. The van der Waals surface area contributed by atoms with E-state index in [1.165, 1.54) is 34.6 Å². The van der Waals surface area contributed by atoms with Gasteiger partial charge in [0.05, 0.1) is 12.0 Å². The number of hydrogen-bond donors (Lipinski definition) is 2. The van der Waals surface area contributed by atoms with Crippen molar-refractivity contribution in [2.75, 3.05) is 26.7 Å². The minimum absolute atomic E-state index is 0.0619. The third kappa shape index (κ3) is 6.49. The number of piperidine rings is 1. The van der Waals surface area contributed by atoms with E-state index in [-0.39, 0.29) is 34.6 Å². The molecule has 2 aromatic rings. The average molecular weight is 500 g/mol. The van der Waals surface area contributed by atoms with Gasteiger partial charge in [-0.2, -0.15) is 4.31 Å². The molecule has 35 heavy (non-hydrogen) atoms. The number of carbonyl (C=O) groups excluding carboxylic acids is 2. The topological polar surface area (TPSA) is 105 Å². The van der Waals surface area contributed by atoms with Crippen LogP contribution in [0.2, 0.25) is 0 Å². The smallest absolute Gasteiger partial charge is 0.251 e. The van der Waals surface area contributed by atoms with Crippen LogP contribution in [-0.2, 0) is 21.2 Å². The minimum atomic E-state index is -3.73. The lowest BCUT2D eigenvalue weighted by Gasteiger charge is -2.40. The van der Waals surface area contributed by atoms with E-state index in [1.807, 2.05) is 38.1 Å². The third-order valence-corrected chi connectivity index (χ3v) is 8.16. The second-order valence-corrected chi connectivity index (χ2v) is 10.8. The Labute approximate surface area is 207 Å². The minimum Gasteiger partial charge on any atom is -0.497 e. The maximum Gasteiger partial charge on any atom is 0.251 e. The summed E-state index contributed by atoms with van der Waals surface area (Å²) in [6.45, 7) is 8.36. The highest BCUT2D eigenvalue weighted by atomic mass is 32.2. The van der Waals surface area contributed by atoms with Crippen LogP contribution >= 0.6 is 0 Å². The van der Waals surface area contributed by atoms with E-state index in [2.05, 4.69) is 17.2 Å². The number of ether oxygens (including phenoxy) is 1. The Morgan fingerprint density at radius 1 is 1.06 bits per heavy atom. The highest BCUT2D eigenvalue weighted by molar-refractivity contribution is 7.89. The van der Waals surface area contributed by atoms with Gasteiger partial charge in [0, 0.05) is 31.2 Å². The molecule has 2 N–H and O–H groups in total. The standard InChI is InChI=1S/C26H33N3O5S/c1-5-24(30)28-25-18(2)16-29(17-19(25)3)35(32,33)23-12-8-21(9-13-23)26(31)27-15-14-20-6-10-22(34-4)11-7-20/h5-13,18-19,25H,1,14-17H2,2-4H3,(H,27,31)(H,28,30). The number of amides is 2. The summed E-state index contributed by atoms with van der Waals surface area (Å²) in [7, 11) is -2.12. The molecule has 0 radical (unpaired) electrons. The number of rotatable bonds is 9. The van der Waals surface area contributed by atoms with Crippen molar-refractivity contribution in [3.63, 3.8) is 0 Å². The zero-order valence-electron chi connectivity index (χ0n) is 20.4. The molecule has 9 heteroatoms. The van der Waals surface area contributed by atoms with Crippen LogP contribution < -0.4 is 15.4 Å². The van der Waals surface area contributed by atoms with Crippen LogP contribution in [0.1, 0.15) is 29.8 Å². The van der Waals surface area contributed by atoms with E-state index in [0.29, 0.717) is 31.6 Å². The molecule has 1 heterocycles. The highest BCUT2D eigenvalue weighted by Gasteiger charge is 2.38. The van der Waals surface area contributed by atoms with Gasteiger partial charge in [0.2, 0.25) is 15.9 Å². The van der Waals surface area contributed by atoms with Gasteiger partial charge in [-0.3, -0.25) is 9.59 Å². The fourth-order valence-electron chi connectivity index (χ4n) is 4.35. The van der Waals surface area contributed by atoms with Gasteiger partial charge in [-0.1, -0.05) is 32.6 Å². The number of carbonyl (C=O) groups is 2. The fraction of sp³-hybridized carbons (Fsp3) is 0.385. The maximum absolute atomic E-state index is 13.2. The zero-order chi connectivity index (χ0) is 25.6. The molecule has 0 bridgehead atoms. The Balaban J connectivity index is 1.59. The molecule has 3 rings (SSSR count). The SMILES string of the molecule is C=CC(=O)NC1C(C)CN(S(=O)(=O)c2ccc(C(=O)NCCc3ccc(OC)cc3)cc2)CC1C. The lowest BCUT2D eigenvalue weighted by Crippen LogP contribution is -2.55. The van der Waals surface area contributed by atoms with Crippen molar-refractivity contribution in [3.8, 4) is 5.75 Å². The first-order valence-corrected chi connectivity index (χ1v) is 13.0. The molecular weight excluding hydrogens is 466 g/mol. The summed E-state index contributed by atoms with van der Waals surface area (Å²) in [6, 6.07) is 13.5. The summed E-state index contributed by atoms with van der Waals surface area (Å²) in [6.07, 6.45) is 1.89. The first-order valence-electron chi connectivity index (χ1n) is 11.6. The average Bonchev–Trinajstić information content (AvgIpc) is 2.86. The van der Waals surface area contributed by atoms with Gasteiger partial charge in [0.1, 0.15) is 5.75 Å². The third-order valence-electron chi connectivity index (χ3n) is 6.32. The Morgan fingerprint density at radius 2 is 1.66 bits per heavy atom. The van der Waals surface area contributed by atoms with Crippen LogP contribution in [0.4, 0.5) is 0 Å². The number of benzene rings is 2. The monoisotopic (exact) mass is 499 g/mol. The molecule has 2 unspecified atom stereocenters. The van der Waals surface area contributed by atoms with Gasteiger partial charge >= 0.3 is 0 Å².